The van der Waals surface area contributed by atoms with E-state index in [9.17, 15) is 19.8 Å². The maximum absolute atomic E-state index is 13.2. The number of allylic oxidation sites excluding steroid dienone is 2. The second-order valence-corrected chi connectivity index (χ2v) is 11.4. The van der Waals surface area contributed by atoms with Gasteiger partial charge in [-0.3, -0.25) is 14.7 Å². The van der Waals surface area contributed by atoms with Crippen molar-refractivity contribution >= 4 is 23.0 Å². The zero-order valence-corrected chi connectivity index (χ0v) is 23.8. The van der Waals surface area contributed by atoms with Gasteiger partial charge < -0.3 is 24.9 Å². The zero-order valence-electron chi connectivity index (χ0n) is 23.8. The molecule has 214 valence electrons. The van der Waals surface area contributed by atoms with Crippen LogP contribution in [0.15, 0.2) is 52.2 Å². The average Bonchev–Trinajstić information content (AvgIpc) is 3.57. The molecule has 2 aliphatic heterocycles. The van der Waals surface area contributed by atoms with E-state index in [0.29, 0.717) is 58.4 Å². The van der Waals surface area contributed by atoms with Crippen LogP contribution in [0.4, 0.5) is 17.2 Å². The summed E-state index contributed by atoms with van der Waals surface area (Å²) in [7, 11) is 1.73. The minimum atomic E-state index is -1.12. The van der Waals surface area contributed by atoms with Gasteiger partial charge in [0.15, 0.2) is 5.82 Å². The Kier molecular flexibility index (Phi) is 6.58. The molecule has 3 aromatic rings. The van der Waals surface area contributed by atoms with Crippen LogP contribution in [0.25, 0.3) is 11.3 Å². The summed E-state index contributed by atoms with van der Waals surface area (Å²) in [5, 5.41) is 35.1. The largest absolute Gasteiger partial charge is 0.392 e. The Bertz CT molecular complexity index is 1660. The molecule has 41 heavy (non-hydrogen) atoms. The van der Waals surface area contributed by atoms with Crippen LogP contribution in [-0.4, -0.2) is 61.4 Å². The number of aliphatic hydroxyl groups is 2. The number of nitrogens with one attached hydrogen (secondary N) is 2. The normalized spacial score (nSPS) is 17.1. The van der Waals surface area contributed by atoms with Crippen LogP contribution in [0.5, 0.6) is 0 Å². The number of anilines is 3. The van der Waals surface area contributed by atoms with Gasteiger partial charge in [0.2, 0.25) is 5.78 Å². The summed E-state index contributed by atoms with van der Waals surface area (Å²) >= 11 is 0. The summed E-state index contributed by atoms with van der Waals surface area (Å²) in [6, 6.07) is 7.40. The third-order valence-corrected chi connectivity index (χ3v) is 8.38. The van der Waals surface area contributed by atoms with Crippen molar-refractivity contribution in [3.63, 3.8) is 0 Å². The maximum Gasteiger partial charge on any atom is 0.288 e. The molecule has 0 radical (unpaired) electrons. The van der Waals surface area contributed by atoms with E-state index in [1.165, 1.54) is 5.70 Å². The van der Waals surface area contributed by atoms with Crippen LogP contribution < -0.4 is 15.4 Å². The lowest BCUT2D eigenvalue weighted by atomic mass is 9.96. The van der Waals surface area contributed by atoms with E-state index in [-0.39, 0.29) is 17.9 Å². The van der Waals surface area contributed by atoms with E-state index in [1.54, 1.807) is 31.9 Å². The molecule has 0 saturated carbocycles. The number of aromatic nitrogens is 4. The molecule has 0 amide bonds. The van der Waals surface area contributed by atoms with Gasteiger partial charge in [-0.25, -0.2) is 5.10 Å². The zero-order chi connectivity index (χ0) is 29.1. The van der Waals surface area contributed by atoms with Gasteiger partial charge in [-0.15, -0.1) is 0 Å². The molecule has 0 fully saturated rings. The van der Waals surface area contributed by atoms with Crippen molar-refractivity contribution in [3.8, 4) is 11.3 Å². The fourth-order valence-electron chi connectivity index (χ4n) is 6.18. The quantitative estimate of drug-likeness (QED) is 0.359. The summed E-state index contributed by atoms with van der Waals surface area (Å²) in [5.74, 6) is 0.578. The predicted octanol–water partition coefficient (Wildman–Crippen LogP) is 3.33. The number of benzene rings is 1. The first-order chi connectivity index (χ1) is 19.6. The number of H-pyrrole nitrogens is 2. The van der Waals surface area contributed by atoms with Crippen LogP contribution in [0.2, 0.25) is 0 Å². The predicted molar refractivity (Wildman–Crippen MR) is 155 cm³/mol. The molecule has 1 aromatic carbocycles. The van der Waals surface area contributed by atoms with Crippen LogP contribution in [-0.2, 0) is 17.0 Å². The van der Waals surface area contributed by atoms with Crippen LogP contribution in [0.3, 0.4) is 0 Å². The number of carbonyl (C=O) groups is 1. The fourth-order valence-corrected chi connectivity index (χ4v) is 6.18. The van der Waals surface area contributed by atoms with Crippen molar-refractivity contribution in [2.45, 2.75) is 58.7 Å². The van der Waals surface area contributed by atoms with E-state index in [1.807, 2.05) is 36.2 Å². The third kappa shape index (κ3) is 4.45. The first-order valence-electron chi connectivity index (χ1n) is 14.0. The van der Waals surface area contributed by atoms with E-state index in [2.05, 4.69) is 25.3 Å². The molecule has 11 heteroatoms. The molecule has 4 heterocycles. The standard InChI is InChI=1S/C30H35N7O4/c1-17-26(33-34-29(40)27(17)35(4)25-14-24(31-32-25)30(2,3)41)18-9-7-11-21(20(18)16-38)36-12-13-37-22-10-6-5-8-19(22)28(39)23(37)15-36/h7,9,11,14-15,38,41H,5-6,8,10,12-13,16H2,1-4H3,(H,31,32)(H,34,40). The summed E-state index contributed by atoms with van der Waals surface area (Å²) in [6.07, 6.45) is 5.85. The van der Waals surface area contributed by atoms with Crippen molar-refractivity contribution in [2.24, 2.45) is 0 Å². The smallest absolute Gasteiger partial charge is 0.288 e. The van der Waals surface area contributed by atoms with Gasteiger partial charge in [-0.2, -0.15) is 10.2 Å². The number of Topliss-reactive ketones (excluding diaryl/α,β-unsaturated/α-hetero) is 1. The third-order valence-electron chi connectivity index (χ3n) is 8.38. The number of rotatable bonds is 6. The maximum atomic E-state index is 13.2. The Morgan fingerprint density at radius 3 is 2.61 bits per heavy atom. The Balaban J connectivity index is 1.38. The average molecular weight is 558 g/mol. The fraction of sp³-hybridized carbons (Fsp3) is 0.400. The summed E-state index contributed by atoms with van der Waals surface area (Å²) < 4.78 is 0. The molecule has 1 aliphatic carbocycles. The lowest BCUT2D eigenvalue weighted by molar-refractivity contribution is -0.112. The Morgan fingerprint density at radius 1 is 1.10 bits per heavy atom. The van der Waals surface area contributed by atoms with Gasteiger partial charge >= 0.3 is 0 Å². The van der Waals surface area contributed by atoms with Crippen molar-refractivity contribution in [3.05, 3.63) is 74.6 Å². The summed E-state index contributed by atoms with van der Waals surface area (Å²) in [4.78, 5) is 32.1. The number of ketones is 1. The number of hydrogen-bond acceptors (Lipinski definition) is 9. The van der Waals surface area contributed by atoms with Gasteiger partial charge in [0.25, 0.3) is 5.56 Å². The molecule has 6 rings (SSSR count). The molecule has 0 atom stereocenters. The molecular weight excluding hydrogens is 522 g/mol. The van der Waals surface area contributed by atoms with Gasteiger partial charge in [0.1, 0.15) is 17.0 Å². The highest BCUT2D eigenvalue weighted by atomic mass is 16.3. The highest BCUT2D eigenvalue weighted by molar-refractivity contribution is 6.11. The minimum absolute atomic E-state index is 0.114. The van der Waals surface area contributed by atoms with E-state index in [0.717, 1.165) is 36.9 Å². The Labute approximate surface area is 237 Å². The number of hydrogen-bond donors (Lipinski definition) is 4. The monoisotopic (exact) mass is 557 g/mol. The SMILES string of the molecule is Cc1c(-c2cccc(N3C=C4C(=O)C5=C(CCCC5)N4CC3)c2CO)n[nH]c(=O)c1N(C)c1cc(C(C)(C)O)[nH]n1. The Morgan fingerprint density at radius 2 is 1.88 bits per heavy atom. The van der Waals surface area contributed by atoms with Crippen molar-refractivity contribution < 1.29 is 15.0 Å². The summed E-state index contributed by atoms with van der Waals surface area (Å²) in [6.45, 7) is 6.23. The lowest BCUT2D eigenvalue weighted by Gasteiger charge is -2.35. The molecule has 0 spiro atoms. The lowest BCUT2D eigenvalue weighted by Crippen LogP contribution is -2.37. The number of nitrogens with zero attached hydrogens (tertiary/aromatic N) is 5. The molecule has 2 aromatic heterocycles. The number of aromatic amines is 2. The minimum Gasteiger partial charge on any atom is -0.392 e. The van der Waals surface area contributed by atoms with Crippen LogP contribution >= 0.6 is 0 Å². The molecular formula is C30H35N7O4. The second-order valence-electron chi connectivity index (χ2n) is 11.4. The number of carbonyl (C=O) groups excluding carboxylic acids is 1. The topological polar surface area (TPSA) is 142 Å². The van der Waals surface area contributed by atoms with Gasteiger partial charge in [-0.1, -0.05) is 12.1 Å². The molecule has 11 nitrogen and oxygen atoms in total. The van der Waals surface area contributed by atoms with Crippen LogP contribution in [0, 0.1) is 6.92 Å². The molecule has 0 unspecified atom stereocenters. The highest BCUT2D eigenvalue weighted by Crippen LogP contribution is 2.41. The highest BCUT2D eigenvalue weighted by Gasteiger charge is 2.38. The van der Waals surface area contributed by atoms with Crippen molar-refractivity contribution in [1.82, 2.24) is 25.3 Å². The first-order valence-corrected chi connectivity index (χ1v) is 14.0. The van der Waals surface area contributed by atoms with Crippen molar-refractivity contribution in [1.29, 1.82) is 0 Å². The molecule has 0 bridgehead atoms. The molecule has 4 N–H and O–H groups in total. The van der Waals surface area contributed by atoms with Gasteiger partial charge in [-0.05, 0) is 52.5 Å². The molecule has 0 saturated heterocycles. The first kappa shape index (κ1) is 27.0. The summed E-state index contributed by atoms with van der Waals surface area (Å²) in [5.41, 5.74) is 5.46. The number of fused-ring (bicyclic) bond motifs is 2. The van der Waals surface area contributed by atoms with Crippen molar-refractivity contribution in [2.75, 3.05) is 29.9 Å². The van der Waals surface area contributed by atoms with E-state index >= 15 is 0 Å². The number of aliphatic hydroxyl groups excluding tert-OH is 1. The second kappa shape index (κ2) is 10.0. The van der Waals surface area contributed by atoms with Gasteiger partial charge in [0.05, 0.1) is 18.0 Å². The van der Waals surface area contributed by atoms with Gasteiger partial charge in [0, 0.05) is 66.1 Å². The van der Waals surface area contributed by atoms with E-state index < -0.39 is 5.60 Å². The van der Waals surface area contributed by atoms with Crippen LogP contribution in [0.1, 0.15) is 56.4 Å². The molecule has 3 aliphatic rings. The van der Waals surface area contributed by atoms with E-state index in [4.69, 9.17) is 0 Å². The Hall–Kier alpha value is -4.22.